The minimum absolute atomic E-state index is 0.0203. The van der Waals surface area contributed by atoms with Crippen LogP contribution >= 0.6 is 0 Å². The maximum Gasteiger partial charge on any atom is 0.518 e. The van der Waals surface area contributed by atoms with Crippen LogP contribution in [0.15, 0.2) is 25.3 Å². The summed E-state index contributed by atoms with van der Waals surface area (Å²) >= 11 is 0. The van der Waals surface area contributed by atoms with Gasteiger partial charge in [0.15, 0.2) is 0 Å². The summed E-state index contributed by atoms with van der Waals surface area (Å²) in [5.74, 6) is 0. The van der Waals surface area contributed by atoms with Crippen molar-refractivity contribution >= 4 is 12.3 Å². The molecule has 0 atom stereocenters. The van der Waals surface area contributed by atoms with Gasteiger partial charge in [-0.3, -0.25) is 0 Å². The van der Waals surface area contributed by atoms with E-state index in [0.717, 1.165) is 12.8 Å². The largest absolute Gasteiger partial charge is 0.518 e. The summed E-state index contributed by atoms with van der Waals surface area (Å²) < 4.78 is 12.7. The zero-order valence-corrected chi connectivity index (χ0v) is 10.7. The molecule has 0 aliphatic carbocycles. The first kappa shape index (κ1) is 19.5. The van der Waals surface area contributed by atoms with E-state index in [0.29, 0.717) is 0 Å². The third kappa shape index (κ3) is 18.7. The van der Waals surface area contributed by atoms with Gasteiger partial charge in [-0.15, -0.1) is 0 Å². The molecule has 0 aromatic carbocycles. The Balaban J connectivity index is 0. The maximum atomic E-state index is 10.6. The predicted molar refractivity (Wildman–Crippen MR) is 67.6 cm³/mol. The van der Waals surface area contributed by atoms with Crippen molar-refractivity contribution in [3.63, 3.8) is 0 Å². The Morgan fingerprint density at radius 1 is 0.895 bits per heavy atom. The van der Waals surface area contributed by atoms with Gasteiger partial charge in [-0.05, 0) is 12.8 Å². The van der Waals surface area contributed by atoms with Gasteiger partial charge in [0.25, 0.3) is 0 Å². The average Bonchev–Trinajstić information content (AvgIpc) is 2.41. The predicted octanol–water partition coefficient (Wildman–Crippen LogP) is 1.40. The van der Waals surface area contributed by atoms with Crippen LogP contribution in [0.1, 0.15) is 12.8 Å². The van der Waals surface area contributed by atoms with Crippen molar-refractivity contribution in [2.24, 2.45) is 0 Å². The molecular formula is C12H20O7. The van der Waals surface area contributed by atoms with Crippen molar-refractivity contribution in [2.45, 2.75) is 12.8 Å². The van der Waals surface area contributed by atoms with Crippen LogP contribution in [0.4, 0.5) is 9.59 Å². The summed E-state index contributed by atoms with van der Waals surface area (Å²) in [6.07, 6.45) is 1.89. The molecule has 0 unspecified atom stereocenters. The summed E-state index contributed by atoms with van der Waals surface area (Å²) in [5, 5.41) is 16.2. The lowest BCUT2D eigenvalue weighted by Gasteiger charge is -2.01. The Labute approximate surface area is 112 Å². The fraction of sp³-hybridized carbons (Fsp3) is 0.500. The van der Waals surface area contributed by atoms with E-state index in [1.165, 1.54) is 12.2 Å². The second-order valence-corrected chi connectivity index (χ2v) is 2.96. The Morgan fingerprint density at radius 3 is 1.53 bits per heavy atom. The van der Waals surface area contributed by atoms with Crippen molar-refractivity contribution in [3.05, 3.63) is 25.3 Å². The molecule has 7 nitrogen and oxygen atoms in total. The van der Waals surface area contributed by atoms with Crippen molar-refractivity contribution < 1.29 is 34.0 Å². The third-order valence-electron chi connectivity index (χ3n) is 1.37. The number of carbonyl (C=O) groups excluding carboxylic acids is 2. The lowest BCUT2D eigenvalue weighted by atomic mass is 10.3. The monoisotopic (exact) mass is 276 g/mol. The molecule has 0 spiro atoms. The minimum atomic E-state index is -1.12. The molecule has 7 heteroatoms. The highest BCUT2D eigenvalue weighted by Gasteiger charge is 2.11. The first-order valence-electron chi connectivity index (χ1n) is 5.57. The fourth-order valence-corrected chi connectivity index (χ4v) is 0.605. The van der Waals surface area contributed by atoms with E-state index in [1.54, 1.807) is 0 Å². The molecule has 0 aliphatic rings. The van der Waals surface area contributed by atoms with Crippen LogP contribution in [0.3, 0.4) is 0 Å². The maximum absolute atomic E-state index is 10.6. The number of hydrogen-bond donors (Lipinski definition) is 2. The Bertz CT molecular complexity index is 237. The first-order valence-corrected chi connectivity index (χ1v) is 5.57. The first-order chi connectivity index (χ1) is 9.12. The average molecular weight is 276 g/mol. The Hall–Kier alpha value is -1.86. The molecule has 110 valence electrons. The summed E-state index contributed by atoms with van der Waals surface area (Å²) in [4.78, 5) is 21.1. The molecule has 19 heavy (non-hydrogen) atoms. The number of hydrogen-bond acceptors (Lipinski definition) is 7. The van der Waals surface area contributed by atoms with Crippen LogP contribution in [-0.4, -0.2) is 49.0 Å². The highest BCUT2D eigenvalue weighted by atomic mass is 16.8. The molecular weight excluding hydrogens is 256 g/mol. The van der Waals surface area contributed by atoms with Crippen LogP contribution < -0.4 is 0 Å². The molecule has 0 bridgehead atoms. The fourth-order valence-electron chi connectivity index (χ4n) is 0.605. The molecule has 0 aromatic rings. The number of carbonyl (C=O) groups is 2. The van der Waals surface area contributed by atoms with Gasteiger partial charge in [0, 0.05) is 13.2 Å². The summed E-state index contributed by atoms with van der Waals surface area (Å²) in [6.45, 7) is 6.95. The lowest BCUT2D eigenvalue weighted by Crippen LogP contribution is -2.15. The second-order valence-electron chi connectivity index (χ2n) is 2.96. The smallest absolute Gasteiger partial charge is 0.430 e. The topological polar surface area (TPSA) is 102 Å². The number of aliphatic hydroxyl groups is 2. The van der Waals surface area contributed by atoms with Gasteiger partial charge in [-0.1, -0.05) is 25.3 Å². The minimum Gasteiger partial charge on any atom is -0.430 e. The van der Waals surface area contributed by atoms with Gasteiger partial charge in [0.2, 0.25) is 0 Å². The van der Waals surface area contributed by atoms with E-state index in [2.05, 4.69) is 27.4 Å². The van der Waals surface area contributed by atoms with E-state index in [9.17, 15) is 9.59 Å². The number of unbranched alkanes of at least 4 members (excludes halogenated alkanes) is 1. The van der Waals surface area contributed by atoms with Crippen LogP contribution in [0.5, 0.6) is 0 Å². The van der Waals surface area contributed by atoms with Gasteiger partial charge in [-0.25, -0.2) is 9.59 Å². The molecule has 0 rings (SSSR count). The zero-order valence-electron chi connectivity index (χ0n) is 10.7. The quantitative estimate of drug-likeness (QED) is 0.313. The number of rotatable bonds is 7. The van der Waals surface area contributed by atoms with E-state index >= 15 is 0 Å². The molecule has 2 N–H and O–H groups in total. The molecule has 0 saturated heterocycles. The lowest BCUT2D eigenvalue weighted by molar-refractivity contribution is 0.0457. The standard InChI is InChI=1S/C8H10O5.C4H10O2/c1-3-5-11-7(9)13-8(10)12-6-4-2;5-3-1-2-4-6/h3-4H,1-2,5-6H2;5-6H,1-4H2. The van der Waals surface area contributed by atoms with E-state index in [1.807, 2.05) is 0 Å². The molecule has 0 heterocycles. The zero-order chi connectivity index (χ0) is 14.9. The van der Waals surface area contributed by atoms with Crippen molar-refractivity contribution in [2.75, 3.05) is 26.4 Å². The highest BCUT2D eigenvalue weighted by molar-refractivity contribution is 5.76. The van der Waals surface area contributed by atoms with Crippen LogP contribution in [-0.2, 0) is 14.2 Å². The van der Waals surface area contributed by atoms with E-state index in [4.69, 9.17) is 10.2 Å². The number of ether oxygens (including phenoxy) is 3. The van der Waals surface area contributed by atoms with E-state index < -0.39 is 12.3 Å². The van der Waals surface area contributed by atoms with Gasteiger partial charge >= 0.3 is 12.3 Å². The van der Waals surface area contributed by atoms with Crippen LogP contribution in [0.2, 0.25) is 0 Å². The van der Waals surface area contributed by atoms with Crippen molar-refractivity contribution in [3.8, 4) is 0 Å². The van der Waals surface area contributed by atoms with Gasteiger partial charge in [-0.2, -0.15) is 0 Å². The summed E-state index contributed by atoms with van der Waals surface area (Å²) in [7, 11) is 0. The molecule has 0 aliphatic heterocycles. The van der Waals surface area contributed by atoms with Crippen molar-refractivity contribution in [1.29, 1.82) is 0 Å². The molecule has 0 fully saturated rings. The third-order valence-corrected chi connectivity index (χ3v) is 1.37. The van der Waals surface area contributed by atoms with E-state index in [-0.39, 0.29) is 26.4 Å². The molecule has 0 radical (unpaired) electrons. The summed E-state index contributed by atoms with van der Waals surface area (Å²) in [5.41, 5.74) is 0. The van der Waals surface area contributed by atoms with Crippen molar-refractivity contribution in [1.82, 2.24) is 0 Å². The normalized spacial score (nSPS) is 8.53. The Kier molecular flexibility index (Phi) is 16.5. The molecule has 0 saturated carbocycles. The number of aliphatic hydroxyl groups excluding tert-OH is 2. The highest BCUT2D eigenvalue weighted by Crippen LogP contribution is 1.90. The second kappa shape index (κ2) is 16.1. The molecule has 0 aromatic heterocycles. The van der Waals surface area contributed by atoms with Crippen LogP contribution in [0.25, 0.3) is 0 Å². The Morgan fingerprint density at radius 2 is 1.26 bits per heavy atom. The van der Waals surface area contributed by atoms with Gasteiger partial charge in [0.05, 0.1) is 0 Å². The van der Waals surface area contributed by atoms with Gasteiger partial charge in [0.1, 0.15) is 13.2 Å². The summed E-state index contributed by atoms with van der Waals surface area (Å²) in [6, 6.07) is 0. The molecule has 0 amide bonds. The van der Waals surface area contributed by atoms with Gasteiger partial charge < -0.3 is 24.4 Å². The SMILES string of the molecule is C=CCOC(=O)OC(=O)OCC=C.OCCCCO. The van der Waals surface area contributed by atoms with Crippen LogP contribution in [0, 0.1) is 0 Å².